The quantitative estimate of drug-likeness (QED) is 0.677. The summed E-state index contributed by atoms with van der Waals surface area (Å²) < 4.78 is 0. The van der Waals surface area contributed by atoms with Crippen LogP contribution in [0.25, 0.3) is 0 Å². The Balaban J connectivity index is 2.55. The first-order valence-electron chi connectivity index (χ1n) is 4.94. The molecule has 0 saturated carbocycles. The van der Waals surface area contributed by atoms with E-state index in [-0.39, 0.29) is 6.10 Å². The molecule has 1 atom stereocenters. The van der Waals surface area contributed by atoms with Gasteiger partial charge in [-0.25, -0.2) is 0 Å². The zero-order valence-electron chi connectivity index (χ0n) is 8.25. The molecule has 1 aliphatic rings. The second-order valence-electron chi connectivity index (χ2n) is 3.89. The molecule has 1 unspecified atom stereocenters. The van der Waals surface area contributed by atoms with E-state index in [2.05, 4.69) is 6.07 Å². The smallest absolute Gasteiger partial charge is 0.0994 e. The fourth-order valence-electron chi connectivity index (χ4n) is 2.06. The highest BCUT2D eigenvalue weighted by molar-refractivity contribution is 5.45. The molecule has 1 aromatic carbocycles. The van der Waals surface area contributed by atoms with Gasteiger partial charge in [0.2, 0.25) is 0 Å². The van der Waals surface area contributed by atoms with Crippen LogP contribution in [-0.4, -0.2) is 5.11 Å². The number of fused-ring (bicyclic) bond motifs is 1. The SMILES string of the molecule is Cc1cc2c(cc1C#N)CCCC2O. The minimum atomic E-state index is -0.329. The van der Waals surface area contributed by atoms with Crippen LogP contribution in [0.1, 0.15) is 41.2 Å². The Hall–Kier alpha value is -1.33. The fraction of sp³-hybridized carbons (Fsp3) is 0.417. The maximum Gasteiger partial charge on any atom is 0.0994 e. The number of aliphatic hydroxyl groups excluding tert-OH is 1. The number of hydrogen-bond acceptors (Lipinski definition) is 2. The largest absolute Gasteiger partial charge is 0.388 e. The Labute approximate surface area is 83.8 Å². The van der Waals surface area contributed by atoms with Gasteiger partial charge >= 0.3 is 0 Å². The third-order valence-corrected chi connectivity index (χ3v) is 2.89. The summed E-state index contributed by atoms with van der Waals surface area (Å²) in [6, 6.07) is 6.06. The van der Waals surface area contributed by atoms with Crippen LogP contribution in [0.4, 0.5) is 0 Å². The lowest BCUT2D eigenvalue weighted by Crippen LogP contribution is -2.10. The van der Waals surface area contributed by atoms with Crippen molar-refractivity contribution in [1.82, 2.24) is 0 Å². The van der Waals surface area contributed by atoms with E-state index in [0.29, 0.717) is 0 Å². The van der Waals surface area contributed by atoms with Crippen LogP contribution in [0.3, 0.4) is 0 Å². The molecule has 1 aromatic rings. The molecule has 72 valence electrons. The van der Waals surface area contributed by atoms with Gasteiger partial charge < -0.3 is 5.11 Å². The Bertz CT molecular complexity index is 404. The standard InChI is InChI=1S/C12H13NO/c1-8-5-11-9(6-10(8)7-13)3-2-4-12(11)14/h5-6,12,14H,2-4H2,1H3. The topological polar surface area (TPSA) is 44.0 Å². The van der Waals surface area contributed by atoms with E-state index in [9.17, 15) is 5.11 Å². The number of hydrogen-bond donors (Lipinski definition) is 1. The maximum absolute atomic E-state index is 9.77. The molecule has 0 heterocycles. The van der Waals surface area contributed by atoms with Gasteiger partial charge in [-0.05, 0) is 48.9 Å². The van der Waals surface area contributed by atoms with Crippen molar-refractivity contribution in [2.75, 3.05) is 0 Å². The predicted octanol–water partition coefficient (Wildman–Crippen LogP) is 2.24. The fourth-order valence-corrected chi connectivity index (χ4v) is 2.06. The van der Waals surface area contributed by atoms with Crippen LogP contribution >= 0.6 is 0 Å². The maximum atomic E-state index is 9.77. The number of rotatable bonds is 0. The van der Waals surface area contributed by atoms with Crippen molar-refractivity contribution in [3.05, 3.63) is 34.4 Å². The zero-order chi connectivity index (χ0) is 10.1. The molecule has 0 spiro atoms. The minimum absolute atomic E-state index is 0.329. The average molecular weight is 187 g/mol. The summed E-state index contributed by atoms with van der Waals surface area (Å²) in [5.41, 5.74) is 3.86. The van der Waals surface area contributed by atoms with Gasteiger partial charge in [0.05, 0.1) is 17.7 Å². The molecule has 0 aliphatic heterocycles. The van der Waals surface area contributed by atoms with E-state index < -0.39 is 0 Å². The van der Waals surface area contributed by atoms with Crippen molar-refractivity contribution in [3.63, 3.8) is 0 Å². The molecular formula is C12H13NO. The number of aryl methyl sites for hydroxylation is 2. The lowest BCUT2D eigenvalue weighted by Gasteiger charge is -2.22. The van der Waals surface area contributed by atoms with Crippen molar-refractivity contribution in [1.29, 1.82) is 5.26 Å². The van der Waals surface area contributed by atoms with Crippen molar-refractivity contribution < 1.29 is 5.11 Å². The van der Waals surface area contributed by atoms with Gasteiger partial charge in [-0.1, -0.05) is 6.07 Å². The van der Waals surface area contributed by atoms with Crippen molar-refractivity contribution >= 4 is 0 Å². The Morgan fingerprint density at radius 1 is 1.50 bits per heavy atom. The number of aliphatic hydroxyl groups is 1. The lowest BCUT2D eigenvalue weighted by molar-refractivity contribution is 0.156. The van der Waals surface area contributed by atoms with Gasteiger partial charge in [-0.2, -0.15) is 5.26 Å². The summed E-state index contributed by atoms with van der Waals surface area (Å²) in [6.45, 7) is 1.92. The van der Waals surface area contributed by atoms with Crippen LogP contribution in [0.15, 0.2) is 12.1 Å². The highest BCUT2D eigenvalue weighted by atomic mass is 16.3. The number of nitriles is 1. The van der Waals surface area contributed by atoms with E-state index in [4.69, 9.17) is 5.26 Å². The predicted molar refractivity (Wildman–Crippen MR) is 53.8 cm³/mol. The molecule has 2 heteroatoms. The zero-order valence-corrected chi connectivity index (χ0v) is 8.25. The van der Waals surface area contributed by atoms with Gasteiger partial charge in [0, 0.05) is 0 Å². The molecular weight excluding hydrogens is 174 g/mol. The number of benzene rings is 1. The number of nitrogens with zero attached hydrogens (tertiary/aromatic N) is 1. The third-order valence-electron chi connectivity index (χ3n) is 2.89. The highest BCUT2D eigenvalue weighted by Gasteiger charge is 2.18. The second kappa shape index (κ2) is 3.43. The summed E-state index contributed by atoms with van der Waals surface area (Å²) in [7, 11) is 0. The van der Waals surface area contributed by atoms with Gasteiger partial charge in [-0.15, -0.1) is 0 Å². The second-order valence-corrected chi connectivity index (χ2v) is 3.89. The van der Waals surface area contributed by atoms with E-state index >= 15 is 0 Å². The first-order valence-corrected chi connectivity index (χ1v) is 4.94. The minimum Gasteiger partial charge on any atom is -0.388 e. The van der Waals surface area contributed by atoms with Crippen molar-refractivity contribution in [2.24, 2.45) is 0 Å². The lowest BCUT2D eigenvalue weighted by atomic mass is 9.87. The van der Waals surface area contributed by atoms with Crippen LogP contribution in [0.5, 0.6) is 0 Å². The molecule has 2 rings (SSSR count). The molecule has 1 aliphatic carbocycles. The first kappa shape index (κ1) is 9.23. The highest BCUT2D eigenvalue weighted by Crippen LogP contribution is 2.31. The first-order chi connectivity index (χ1) is 6.72. The summed E-state index contributed by atoms with van der Waals surface area (Å²) in [5.74, 6) is 0. The molecule has 14 heavy (non-hydrogen) atoms. The molecule has 0 saturated heterocycles. The molecule has 0 amide bonds. The van der Waals surface area contributed by atoms with Crippen LogP contribution in [0.2, 0.25) is 0 Å². The van der Waals surface area contributed by atoms with Gasteiger partial charge in [0.1, 0.15) is 0 Å². The molecule has 1 N–H and O–H groups in total. The van der Waals surface area contributed by atoms with E-state index in [1.165, 1.54) is 0 Å². The van der Waals surface area contributed by atoms with Crippen molar-refractivity contribution in [3.8, 4) is 6.07 Å². The van der Waals surface area contributed by atoms with Gasteiger partial charge in [0.15, 0.2) is 0 Å². The van der Waals surface area contributed by atoms with Crippen LogP contribution in [-0.2, 0) is 6.42 Å². The van der Waals surface area contributed by atoms with E-state index in [1.54, 1.807) is 0 Å². The Morgan fingerprint density at radius 2 is 2.29 bits per heavy atom. The summed E-state index contributed by atoms with van der Waals surface area (Å²) >= 11 is 0. The third kappa shape index (κ3) is 1.40. The summed E-state index contributed by atoms with van der Waals surface area (Å²) in [6.07, 6.45) is 2.52. The Morgan fingerprint density at radius 3 is 3.00 bits per heavy atom. The molecule has 0 bridgehead atoms. The monoisotopic (exact) mass is 187 g/mol. The molecule has 0 radical (unpaired) electrons. The normalized spacial score (nSPS) is 19.9. The molecule has 0 aromatic heterocycles. The molecule has 0 fully saturated rings. The summed E-state index contributed by atoms with van der Waals surface area (Å²) in [4.78, 5) is 0. The average Bonchev–Trinajstić information content (AvgIpc) is 2.19. The van der Waals surface area contributed by atoms with E-state index in [1.807, 2.05) is 19.1 Å². The Kier molecular flexibility index (Phi) is 2.26. The van der Waals surface area contributed by atoms with E-state index in [0.717, 1.165) is 41.5 Å². The van der Waals surface area contributed by atoms with Crippen molar-refractivity contribution in [2.45, 2.75) is 32.3 Å². The molecule has 2 nitrogen and oxygen atoms in total. The van der Waals surface area contributed by atoms with Crippen LogP contribution in [0, 0.1) is 18.3 Å². The van der Waals surface area contributed by atoms with Crippen LogP contribution < -0.4 is 0 Å². The van der Waals surface area contributed by atoms with Gasteiger partial charge in [0.25, 0.3) is 0 Å². The van der Waals surface area contributed by atoms with Gasteiger partial charge in [-0.3, -0.25) is 0 Å². The summed E-state index contributed by atoms with van der Waals surface area (Å²) in [5, 5.41) is 18.6.